The van der Waals surface area contributed by atoms with Crippen molar-refractivity contribution in [3.63, 3.8) is 0 Å². The number of halogens is 3. The summed E-state index contributed by atoms with van der Waals surface area (Å²) in [5, 5.41) is 8.38. The molecule has 0 unspecified atom stereocenters. The third-order valence-electron chi connectivity index (χ3n) is 3.69. The van der Waals surface area contributed by atoms with Crippen LogP contribution < -0.4 is 9.64 Å². The van der Waals surface area contributed by atoms with E-state index in [-0.39, 0.29) is 22.7 Å². The Balaban J connectivity index is 1.78. The Hall–Kier alpha value is -3.08. The maximum absolute atomic E-state index is 12.6. The Morgan fingerprint density at radius 1 is 1.21 bits per heavy atom. The zero-order valence-corrected chi connectivity index (χ0v) is 14.7. The number of rotatable bonds is 5. The standard InChI is InChI=1S/C17H11F3N2O5S/c18-17(19,20)27-10-5-3-9(4-6-10)22-13(23)8-12(15(22)24)28-14-11(16(25)26)2-1-7-21-14/h1-7,12H,8H2,(H,25,26)/t12-/m1/s1. The summed E-state index contributed by atoms with van der Waals surface area (Å²) in [4.78, 5) is 40.9. The van der Waals surface area contributed by atoms with Crippen molar-refractivity contribution in [2.24, 2.45) is 0 Å². The molecule has 1 aliphatic rings. The predicted molar refractivity (Wildman–Crippen MR) is 91.1 cm³/mol. The second-order valence-corrected chi connectivity index (χ2v) is 6.77. The number of alkyl halides is 3. The molecule has 7 nitrogen and oxygen atoms in total. The summed E-state index contributed by atoms with van der Waals surface area (Å²) in [5.74, 6) is -2.87. The lowest BCUT2D eigenvalue weighted by atomic mass is 10.3. The molecular formula is C17H11F3N2O5S. The van der Waals surface area contributed by atoms with E-state index < -0.39 is 35.1 Å². The Morgan fingerprint density at radius 2 is 1.89 bits per heavy atom. The highest BCUT2D eigenvalue weighted by Crippen LogP contribution is 2.35. The number of imide groups is 1. The fraction of sp³-hybridized carbons (Fsp3) is 0.176. The number of pyridine rings is 1. The monoisotopic (exact) mass is 412 g/mol. The van der Waals surface area contributed by atoms with Crippen LogP contribution in [0.15, 0.2) is 47.6 Å². The first-order valence-electron chi connectivity index (χ1n) is 7.73. The Kier molecular flexibility index (Phi) is 5.27. The minimum atomic E-state index is -4.85. The van der Waals surface area contributed by atoms with Gasteiger partial charge in [-0.2, -0.15) is 0 Å². The smallest absolute Gasteiger partial charge is 0.478 e. The third kappa shape index (κ3) is 4.25. The van der Waals surface area contributed by atoms with Gasteiger partial charge in [0.1, 0.15) is 10.8 Å². The predicted octanol–water partition coefficient (Wildman–Crippen LogP) is 3.10. The number of anilines is 1. The number of ether oxygens (including phenoxy) is 1. The van der Waals surface area contributed by atoms with Gasteiger partial charge in [-0.25, -0.2) is 14.7 Å². The van der Waals surface area contributed by atoms with Gasteiger partial charge in [0, 0.05) is 12.6 Å². The molecule has 1 saturated heterocycles. The van der Waals surface area contributed by atoms with E-state index in [1.54, 1.807) is 0 Å². The molecule has 0 aliphatic carbocycles. The largest absolute Gasteiger partial charge is 0.573 e. The highest BCUT2D eigenvalue weighted by Gasteiger charge is 2.41. The summed E-state index contributed by atoms with van der Waals surface area (Å²) in [7, 11) is 0. The van der Waals surface area contributed by atoms with Crippen molar-refractivity contribution in [1.82, 2.24) is 4.98 Å². The Labute approximate surface area is 160 Å². The van der Waals surface area contributed by atoms with Crippen LogP contribution in [0.3, 0.4) is 0 Å². The van der Waals surface area contributed by atoms with E-state index in [0.29, 0.717) is 0 Å². The summed E-state index contributed by atoms with van der Waals surface area (Å²) in [6.45, 7) is 0. The molecule has 28 heavy (non-hydrogen) atoms. The third-order valence-corrected chi connectivity index (χ3v) is 4.89. The minimum Gasteiger partial charge on any atom is -0.478 e. The number of carbonyl (C=O) groups excluding carboxylic acids is 2. The van der Waals surface area contributed by atoms with Crippen molar-refractivity contribution in [1.29, 1.82) is 0 Å². The number of hydrogen-bond acceptors (Lipinski definition) is 6. The van der Waals surface area contributed by atoms with E-state index in [1.165, 1.54) is 18.3 Å². The second kappa shape index (κ2) is 7.50. The molecular weight excluding hydrogens is 401 g/mol. The van der Waals surface area contributed by atoms with Gasteiger partial charge in [0.25, 0.3) is 0 Å². The molecule has 0 bridgehead atoms. The lowest BCUT2D eigenvalue weighted by molar-refractivity contribution is -0.274. The lowest BCUT2D eigenvalue weighted by Gasteiger charge is -2.16. The molecule has 2 heterocycles. The number of thioether (sulfide) groups is 1. The first-order chi connectivity index (χ1) is 13.2. The number of benzene rings is 1. The molecule has 146 valence electrons. The van der Waals surface area contributed by atoms with Crippen LogP contribution in [0.25, 0.3) is 0 Å². The second-order valence-electron chi connectivity index (χ2n) is 5.58. The Bertz CT molecular complexity index is 933. The minimum absolute atomic E-state index is 0.0899. The number of aromatic carboxylic acids is 1. The van der Waals surface area contributed by atoms with E-state index in [2.05, 4.69) is 9.72 Å². The topological polar surface area (TPSA) is 96.8 Å². The van der Waals surface area contributed by atoms with Crippen molar-refractivity contribution < 1.29 is 37.4 Å². The summed E-state index contributed by atoms with van der Waals surface area (Å²) >= 11 is 0.850. The molecule has 1 N–H and O–H groups in total. The van der Waals surface area contributed by atoms with E-state index >= 15 is 0 Å². The quantitative estimate of drug-likeness (QED) is 0.754. The summed E-state index contributed by atoms with van der Waals surface area (Å²) in [6, 6.07) is 7.07. The zero-order chi connectivity index (χ0) is 20.5. The van der Waals surface area contributed by atoms with Crippen LogP contribution in [-0.2, 0) is 9.59 Å². The number of hydrogen-bond donors (Lipinski definition) is 1. The maximum Gasteiger partial charge on any atom is 0.573 e. The average molecular weight is 412 g/mol. The van der Waals surface area contributed by atoms with Crippen molar-refractivity contribution in [2.45, 2.75) is 23.1 Å². The van der Waals surface area contributed by atoms with Crippen LogP contribution in [0.5, 0.6) is 5.75 Å². The molecule has 2 amide bonds. The molecule has 1 aromatic carbocycles. The molecule has 0 radical (unpaired) electrons. The molecule has 1 aliphatic heterocycles. The van der Waals surface area contributed by atoms with Gasteiger partial charge in [0.15, 0.2) is 0 Å². The molecule has 2 aromatic rings. The van der Waals surface area contributed by atoms with Crippen LogP contribution in [0.2, 0.25) is 0 Å². The van der Waals surface area contributed by atoms with Gasteiger partial charge < -0.3 is 9.84 Å². The molecule has 1 aromatic heterocycles. The van der Waals surface area contributed by atoms with Crippen molar-refractivity contribution in [3.8, 4) is 5.75 Å². The van der Waals surface area contributed by atoms with Crippen LogP contribution in [0.1, 0.15) is 16.8 Å². The van der Waals surface area contributed by atoms with Gasteiger partial charge in [-0.05, 0) is 36.4 Å². The zero-order valence-electron chi connectivity index (χ0n) is 13.8. The highest BCUT2D eigenvalue weighted by molar-refractivity contribution is 8.00. The summed E-state index contributed by atoms with van der Waals surface area (Å²) in [5.41, 5.74) is -0.00745. The molecule has 11 heteroatoms. The van der Waals surface area contributed by atoms with E-state index in [1.807, 2.05) is 0 Å². The SMILES string of the molecule is O=C(O)c1cccnc1S[C@@H]1CC(=O)N(c2ccc(OC(F)(F)F)cc2)C1=O. The molecule has 3 rings (SSSR count). The van der Waals surface area contributed by atoms with E-state index in [9.17, 15) is 32.7 Å². The van der Waals surface area contributed by atoms with Gasteiger partial charge in [-0.3, -0.25) is 9.59 Å². The summed E-state index contributed by atoms with van der Waals surface area (Å²) in [6.07, 6.45) is -3.68. The van der Waals surface area contributed by atoms with Crippen LogP contribution in [0.4, 0.5) is 18.9 Å². The van der Waals surface area contributed by atoms with Crippen LogP contribution >= 0.6 is 11.8 Å². The summed E-state index contributed by atoms with van der Waals surface area (Å²) < 4.78 is 40.4. The van der Waals surface area contributed by atoms with Crippen molar-refractivity contribution in [3.05, 3.63) is 48.2 Å². The number of carbonyl (C=O) groups is 3. The van der Waals surface area contributed by atoms with Gasteiger partial charge in [0.2, 0.25) is 11.8 Å². The van der Waals surface area contributed by atoms with Crippen molar-refractivity contribution >= 4 is 35.2 Å². The molecule has 1 fully saturated rings. The lowest BCUT2D eigenvalue weighted by Crippen LogP contribution is -2.31. The van der Waals surface area contributed by atoms with Gasteiger partial charge in [0.05, 0.1) is 16.5 Å². The fourth-order valence-corrected chi connectivity index (χ4v) is 3.65. The van der Waals surface area contributed by atoms with Crippen LogP contribution in [-0.4, -0.2) is 39.5 Å². The van der Waals surface area contributed by atoms with Crippen molar-refractivity contribution in [2.75, 3.05) is 4.90 Å². The fourth-order valence-electron chi connectivity index (χ4n) is 2.55. The van der Waals surface area contributed by atoms with Crippen LogP contribution in [0, 0.1) is 0 Å². The first kappa shape index (κ1) is 19.7. The molecule has 1 atom stereocenters. The molecule has 0 spiro atoms. The van der Waals surface area contributed by atoms with E-state index in [0.717, 1.165) is 40.9 Å². The molecule has 0 saturated carbocycles. The Morgan fingerprint density at radius 3 is 2.50 bits per heavy atom. The number of nitrogens with zero attached hydrogens (tertiary/aromatic N) is 2. The van der Waals surface area contributed by atoms with Gasteiger partial charge in [-0.1, -0.05) is 11.8 Å². The number of amides is 2. The number of carboxylic acids is 1. The van der Waals surface area contributed by atoms with Gasteiger partial charge in [-0.15, -0.1) is 13.2 Å². The first-order valence-corrected chi connectivity index (χ1v) is 8.61. The van der Waals surface area contributed by atoms with Gasteiger partial charge >= 0.3 is 12.3 Å². The van der Waals surface area contributed by atoms with E-state index in [4.69, 9.17) is 0 Å². The number of carboxylic acid groups (broad SMARTS) is 1. The number of aromatic nitrogens is 1. The average Bonchev–Trinajstić information content (AvgIpc) is 2.88. The highest BCUT2D eigenvalue weighted by atomic mass is 32.2. The maximum atomic E-state index is 12.6. The normalized spacial score (nSPS) is 17.1.